The van der Waals surface area contributed by atoms with Crippen LogP contribution in [0.1, 0.15) is 11.1 Å². The summed E-state index contributed by atoms with van der Waals surface area (Å²) in [5.74, 6) is -0.668. The molecule has 0 unspecified atom stereocenters. The molecule has 0 aliphatic rings. The normalized spacial score (nSPS) is 10.5. The molecule has 0 saturated heterocycles. The third kappa shape index (κ3) is 3.54. The van der Waals surface area contributed by atoms with Crippen LogP contribution in [-0.2, 0) is 11.9 Å². The van der Waals surface area contributed by atoms with E-state index in [2.05, 4.69) is 31.9 Å². The van der Waals surface area contributed by atoms with E-state index in [0.29, 0.717) is 5.75 Å². The van der Waals surface area contributed by atoms with Gasteiger partial charge in [-0.2, -0.15) is 0 Å². The lowest BCUT2D eigenvalue weighted by Crippen LogP contribution is -2.02. The summed E-state index contributed by atoms with van der Waals surface area (Å²) >= 11 is 6.36. The Labute approximate surface area is 126 Å². The predicted octanol–water partition coefficient (Wildman–Crippen LogP) is 5.20. The minimum atomic E-state index is -0.628. The Bertz CT molecular complexity index is 570. The molecule has 0 radical (unpaired) electrons. The van der Waals surface area contributed by atoms with Gasteiger partial charge in [0.05, 0.1) is 10.0 Å². The summed E-state index contributed by atoms with van der Waals surface area (Å²) in [5, 5.41) is 0.752. The van der Waals surface area contributed by atoms with E-state index in [-0.39, 0.29) is 16.6 Å². The Balaban J connectivity index is 2.12. The van der Waals surface area contributed by atoms with Crippen LogP contribution in [0.5, 0.6) is 5.75 Å². The number of halogens is 4. The molecule has 0 amide bonds. The van der Waals surface area contributed by atoms with E-state index in [1.165, 1.54) is 12.1 Å². The summed E-state index contributed by atoms with van der Waals surface area (Å²) in [5.41, 5.74) is 1.02. The lowest BCUT2D eigenvalue weighted by molar-refractivity contribution is 0.292. The van der Waals surface area contributed by atoms with Crippen molar-refractivity contribution in [3.05, 3.63) is 63.6 Å². The van der Waals surface area contributed by atoms with Gasteiger partial charge in [0.1, 0.15) is 24.0 Å². The summed E-state index contributed by atoms with van der Waals surface area (Å²) in [7, 11) is 0. The van der Waals surface area contributed by atoms with Gasteiger partial charge in [-0.15, -0.1) is 0 Å². The van der Waals surface area contributed by atoms with Crippen LogP contribution in [-0.4, -0.2) is 0 Å². The highest BCUT2D eigenvalue weighted by molar-refractivity contribution is 9.10. The molecule has 0 bridgehead atoms. The summed E-state index contributed by atoms with van der Waals surface area (Å²) in [6.07, 6.45) is 0. The standard InChI is InChI=1S/C14H10Br2F2O/c15-7-9-1-3-10(4-2-9)19-8-11-13(17)6-5-12(16)14(11)18/h1-6H,7-8H2. The van der Waals surface area contributed by atoms with Gasteiger partial charge in [-0.25, -0.2) is 8.78 Å². The van der Waals surface area contributed by atoms with Crippen LogP contribution in [0.3, 0.4) is 0 Å². The van der Waals surface area contributed by atoms with Crippen LogP contribution < -0.4 is 4.74 Å². The van der Waals surface area contributed by atoms with Crippen molar-refractivity contribution in [1.29, 1.82) is 0 Å². The highest BCUT2D eigenvalue weighted by Crippen LogP contribution is 2.23. The minimum absolute atomic E-state index is 0.0843. The number of ether oxygens (including phenoxy) is 1. The van der Waals surface area contributed by atoms with E-state index in [9.17, 15) is 8.78 Å². The van der Waals surface area contributed by atoms with Crippen LogP contribution in [0.2, 0.25) is 0 Å². The van der Waals surface area contributed by atoms with Crippen molar-refractivity contribution in [3.63, 3.8) is 0 Å². The molecule has 0 fully saturated rings. The topological polar surface area (TPSA) is 9.23 Å². The Morgan fingerprint density at radius 2 is 1.68 bits per heavy atom. The van der Waals surface area contributed by atoms with E-state index in [0.717, 1.165) is 10.9 Å². The minimum Gasteiger partial charge on any atom is -0.489 e. The molecule has 0 spiro atoms. The molecule has 100 valence electrons. The maximum Gasteiger partial charge on any atom is 0.146 e. The molecule has 2 rings (SSSR count). The summed E-state index contributed by atoms with van der Waals surface area (Å²) in [4.78, 5) is 0. The van der Waals surface area contributed by atoms with Crippen molar-refractivity contribution < 1.29 is 13.5 Å². The summed E-state index contributed by atoms with van der Waals surface area (Å²) < 4.78 is 32.8. The van der Waals surface area contributed by atoms with Gasteiger partial charge in [-0.3, -0.25) is 0 Å². The molecular weight excluding hydrogens is 382 g/mol. The Morgan fingerprint density at radius 1 is 1.00 bits per heavy atom. The second-order valence-corrected chi connectivity index (χ2v) is 5.30. The molecular formula is C14H10Br2F2O. The fourth-order valence-electron chi connectivity index (χ4n) is 1.53. The van der Waals surface area contributed by atoms with E-state index in [1.54, 1.807) is 12.1 Å². The fraction of sp³-hybridized carbons (Fsp3) is 0.143. The first-order chi connectivity index (χ1) is 9.11. The van der Waals surface area contributed by atoms with Crippen molar-refractivity contribution in [2.45, 2.75) is 11.9 Å². The number of alkyl halides is 1. The first kappa shape index (κ1) is 14.5. The third-order valence-electron chi connectivity index (χ3n) is 2.60. The Morgan fingerprint density at radius 3 is 2.32 bits per heavy atom. The average molecular weight is 392 g/mol. The monoisotopic (exact) mass is 390 g/mol. The number of hydrogen-bond acceptors (Lipinski definition) is 1. The quantitative estimate of drug-likeness (QED) is 0.514. The largest absolute Gasteiger partial charge is 0.489 e. The van der Waals surface area contributed by atoms with Gasteiger partial charge in [-0.1, -0.05) is 28.1 Å². The molecule has 0 aromatic heterocycles. The van der Waals surface area contributed by atoms with E-state index < -0.39 is 11.6 Å². The van der Waals surface area contributed by atoms with Crippen LogP contribution in [0.15, 0.2) is 40.9 Å². The number of rotatable bonds is 4. The Hall–Kier alpha value is -0.940. The van der Waals surface area contributed by atoms with Crippen LogP contribution in [0.4, 0.5) is 8.78 Å². The van der Waals surface area contributed by atoms with Crippen molar-refractivity contribution in [3.8, 4) is 5.75 Å². The zero-order chi connectivity index (χ0) is 13.8. The molecule has 1 nitrogen and oxygen atoms in total. The fourth-order valence-corrected chi connectivity index (χ4v) is 2.28. The van der Waals surface area contributed by atoms with Crippen LogP contribution in [0, 0.1) is 11.6 Å². The Kier molecular flexibility index (Phi) is 4.93. The second kappa shape index (κ2) is 6.48. The van der Waals surface area contributed by atoms with Gasteiger partial charge < -0.3 is 4.74 Å². The molecule has 0 heterocycles. The van der Waals surface area contributed by atoms with Crippen LogP contribution in [0.25, 0.3) is 0 Å². The maximum absolute atomic E-state index is 13.7. The molecule has 2 aromatic rings. The first-order valence-corrected chi connectivity index (χ1v) is 7.43. The molecule has 5 heteroatoms. The lowest BCUT2D eigenvalue weighted by atomic mass is 10.2. The SMILES string of the molecule is Fc1ccc(Br)c(F)c1COc1ccc(CBr)cc1. The van der Waals surface area contributed by atoms with Gasteiger partial charge in [0.15, 0.2) is 0 Å². The van der Waals surface area contributed by atoms with E-state index in [1.807, 2.05) is 12.1 Å². The van der Waals surface area contributed by atoms with E-state index in [4.69, 9.17) is 4.74 Å². The van der Waals surface area contributed by atoms with Crippen molar-refractivity contribution in [2.24, 2.45) is 0 Å². The van der Waals surface area contributed by atoms with Gasteiger partial charge >= 0.3 is 0 Å². The van der Waals surface area contributed by atoms with E-state index >= 15 is 0 Å². The first-order valence-electron chi connectivity index (χ1n) is 5.52. The highest BCUT2D eigenvalue weighted by atomic mass is 79.9. The third-order valence-corrected chi connectivity index (χ3v) is 3.86. The van der Waals surface area contributed by atoms with Crippen LogP contribution >= 0.6 is 31.9 Å². The summed E-state index contributed by atoms with van der Waals surface area (Å²) in [6, 6.07) is 9.85. The zero-order valence-electron chi connectivity index (χ0n) is 9.80. The zero-order valence-corrected chi connectivity index (χ0v) is 13.0. The molecule has 0 N–H and O–H groups in total. The number of benzene rings is 2. The average Bonchev–Trinajstić information content (AvgIpc) is 2.44. The molecule has 0 atom stereocenters. The lowest BCUT2D eigenvalue weighted by Gasteiger charge is -2.09. The van der Waals surface area contributed by atoms with Crippen molar-refractivity contribution >= 4 is 31.9 Å². The van der Waals surface area contributed by atoms with Gasteiger partial charge in [0, 0.05) is 5.33 Å². The maximum atomic E-state index is 13.7. The van der Waals surface area contributed by atoms with Crippen molar-refractivity contribution in [1.82, 2.24) is 0 Å². The summed E-state index contributed by atoms with van der Waals surface area (Å²) in [6.45, 7) is -0.148. The van der Waals surface area contributed by atoms with Gasteiger partial charge in [0.25, 0.3) is 0 Å². The van der Waals surface area contributed by atoms with Gasteiger partial charge in [0.2, 0.25) is 0 Å². The van der Waals surface area contributed by atoms with Gasteiger partial charge in [-0.05, 0) is 45.8 Å². The highest BCUT2D eigenvalue weighted by Gasteiger charge is 2.12. The molecule has 0 aliphatic carbocycles. The number of hydrogen-bond donors (Lipinski definition) is 0. The molecule has 0 aliphatic heterocycles. The predicted molar refractivity (Wildman–Crippen MR) is 77.5 cm³/mol. The smallest absolute Gasteiger partial charge is 0.146 e. The second-order valence-electron chi connectivity index (χ2n) is 3.89. The molecule has 2 aromatic carbocycles. The van der Waals surface area contributed by atoms with Crippen molar-refractivity contribution in [2.75, 3.05) is 0 Å². The molecule has 19 heavy (non-hydrogen) atoms. The molecule has 0 saturated carbocycles.